The molecule has 0 aliphatic heterocycles. The molecule has 0 heterocycles. The van der Waals surface area contributed by atoms with E-state index >= 15 is 0 Å². The first-order valence-electron chi connectivity index (χ1n) is 13.4. The summed E-state index contributed by atoms with van der Waals surface area (Å²) in [7, 11) is 0. The fraction of sp³-hybridized carbons (Fsp3) is 0.577. The predicted octanol–water partition coefficient (Wildman–Crippen LogP) is -1.26. The minimum absolute atomic E-state index is 0.0212. The quantitative estimate of drug-likeness (QED) is 0.0487. The molecule has 15 heteroatoms. The van der Waals surface area contributed by atoms with Gasteiger partial charge < -0.3 is 49.1 Å². The number of hydrogen-bond donors (Lipinski definition) is 9. The third-order valence-corrected chi connectivity index (χ3v) is 6.76. The standard InChI is InChI=1S/C26H44N8O6S/c1-41-14-11-20(32-22(36)18(28)5-2-3-12-27)24(38)33-19(6-4-13-31-26(29)30)23(37)34-21(25(39)40)15-16-7-9-17(35)10-8-16/h7-10,18-21,35H,2-6,11-15,27-28H2,1H3,(H,32,36)(H,33,38)(H,34,37)(H,39,40)(H4,29,30,31). The van der Waals surface area contributed by atoms with Gasteiger partial charge in [0, 0.05) is 13.0 Å². The van der Waals surface area contributed by atoms with Crippen LogP contribution in [0.1, 0.15) is 44.1 Å². The van der Waals surface area contributed by atoms with E-state index in [2.05, 4.69) is 20.9 Å². The molecule has 0 aliphatic carbocycles. The molecule has 0 saturated heterocycles. The lowest BCUT2D eigenvalue weighted by Gasteiger charge is -2.25. The van der Waals surface area contributed by atoms with Crippen LogP contribution in [0.2, 0.25) is 0 Å². The fourth-order valence-electron chi connectivity index (χ4n) is 3.81. The molecule has 0 bridgehead atoms. The fourth-order valence-corrected chi connectivity index (χ4v) is 4.28. The van der Waals surface area contributed by atoms with Crippen molar-refractivity contribution in [3.8, 4) is 5.75 Å². The van der Waals surface area contributed by atoms with Crippen LogP contribution in [0.15, 0.2) is 29.3 Å². The van der Waals surface area contributed by atoms with Gasteiger partial charge in [-0.05, 0) is 68.4 Å². The van der Waals surface area contributed by atoms with E-state index in [0.717, 1.165) is 6.42 Å². The van der Waals surface area contributed by atoms with Crippen molar-refractivity contribution in [3.63, 3.8) is 0 Å². The SMILES string of the molecule is CSCCC(NC(=O)C(N)CCCCN)C(=O)NC(CCCN=C(N)N)C(=O)NC(Cc1ccc(O)cc1)C(=O)O. The van der Waals surface area contributed by atoms with Crippen molar-refractivity contribution in [2.75, 3.05) is 25.1 Å². The molecule has 1 aromatic carbocycles. The Bertz CT molecular complexity index is 1010. The van der Waals surface area contributed by atoms with Gasteiger partial charge in [-0.25, -0.2) is 4.79 Å². The first kappa shape index (κ1) is 35.5. The number of nitrogens with two attached hydrogens (primary N) is 4. The van der Waals surface area contributed by atoms with E-state index in [9.17, 15) is 29.4 Å². The second-order valence-electron chi connectivity index (χ2n) is 9.51. The number of aliphatic imine (C=N–C) groups is 1. The Morgan fingerprint density at radius 3 is 2.02 bits per heavy atom. The van der Waals surface area contributed by atoms with Crippen LogP contribution in [-0.4, -0.2) is 89.1 Å². The molecule has 4 atom stereocenters. The number of hydrogen-bond acceptors (Lipinski definition) is 9. The van der Waals surface area contributed by atoms with Gasteiger partial charge in [-0.1, -0.05) is 18.6 Å². The normalized spacial score (nSPS) is 13.7. The molecule has 0 radical (unpaired) electrons. The molecule has 1 aromatic rings. The topological polar surface area (TPSA) is 261 Å². The zero-order valence-corrected chi connectivity index (χ0v) is 24.2. The first-order valence-corrected chi connectivity index (χ1v) is 14.8. The number of nitrogens with one attached hydrogen (secondary N) is 3. The van der Waals surface area contributed by atoms with Crippen LogP contribution >= 0.6 is 11.8 Å². The summed E-state index contributed by atoms with van der Waals surface area (Å²) in [5, 5.41) is 27.0. The largest absolute Gasteiger partial charge is 0.508 e. The van der Waals surface area contributed by atoms with Gasteiger partial charge in [0.2, 0.25) is 17.7 Å². The van der Waals surface area contributed by atoms with Crippen molar-refractivity contribution >= 4 is 41.4 Å². The number of carbonyl (C=O) groups excluding carboxylic acids is 3. The lowest BCUT2D eigenvalue weighted by Crippen LogP contribution is -2.57. The first-order chi connectivity index (χ1) is 19.5. The highest BCUT2D eigenvalue weighted by atomic mass is 32.2. The number of phenolic OH excluding ortho intramolecular Hbond substituents is 1. The van der Waals surface area contributed by atoms with Crippen LogP contribution in [-0.2, 0) is 25.6 Å². The van der Waals surface area contributed by atoms with Crippen LogP contribution in [0.4, 0.5) is 0 Å². The lowest BCUT2D eigenvalue weighted by atomic mass is 10.0. The Morgan fingerprint density at radius 1 is 0.878 bits per heavy atom. The van der Waals surface area contributed by atoms with Crippen LogP contribution in [0, 0.1) is 0 Å². The molecule has 0 aliphatic rings. The highest BCUT2D eigenvalue weighted by molar-refractivity contribution is 7.98. The molecular formula is C26H44N8O6S. The number of guanidine groups is 1. The molecule has 0 spiro atoms. The van der Waals surface area contributed by atoms with Gasteiger partial charge in [0.05, 0.1) is 6.04 Å². The van der Waals surface area contributed by atoms with E-state index in [4.69, 9.17) is 22.9 Å². The number of carboxylic acid groups (broad SMARTS) is 1. The molecule has 41 heavy (non-hydrogen) atoms. The Kier molecular flexibility index (Phi) is 16.9. The van der Waals surface area contributed by atoms with Crippen molar-refractivity contribution < 1.29 is 29.4 Å². The van der Waals surface area contributed by atoms with Gasteiger partial charge in [0.15, 0.2) is 5.96 Å². The molecule has 14 nitrogen and oxygen atoms in total. The zero-order valence-electron chi connectivity index (χ0n) is 23.4. The maximum absolute atomic E-state index is 13.3. The summed E-state index contributed by atoms with van der Waals surface area (Å²) in [6, 6.07) is 1.70. The Morgan fingerprint density at radius 2 is 1.46 bits per heavy atom. The summed E-state index contributed by atoms with van der Waals surface area (Å²) in [4.78, 5) is 55.0. The van der Waals surface area contributed by atoms with Crippen molar-refractivity contribution in [3.05, 3.63) is 29.8 Å². The van der Waals surface area contributed by atoms with Crippen molar-refractivity contribution in [1.82, 2.24) is 16.0 Å². The van der Waals surface area contributed by atoms with E-state index < -0.39 is 47.9 Å². The van der Waals surface area contributed by atoms with Crippen LogP contribution in [0.25, 0.3) is 0 Å². The third-order valence-electron chi connectivity index (χ3n) is 6.12. The monoisotopic (exact) mass is 596 g/mol. The number of rotatable bonds is 20. The van der Waals surface area contributed by atoms with Crippen molar-refractivity contribution in [2.24, 2.45) is 27.9 Å². The van der Waals surface area contributed by atoms with Gasteiger partial charge in [-0.3, -0.25) is 19.4 Å². The minimum atomic E-state index is -1.30. The maximum atomic E-state index is 13.3. The number of amides is 3. The molecule has 1 rings (SSSR count). The number of carbonyl (C=O) groups is 4. The summed E-state index contributed by atoms with van der Waals surface area (Å²) < 4.78 is 0. The van der Waals surface area contributed by atoms with Gasteiger partial charge in [-0.15, -0.1) is 0 Å². The summed E-state index contributed by atoms with van der Waals surface area (Å²) in [6.45, 7) is 0.666. The van der Waals surface area contributed by atoms with Gasteiger partial charge >= 0.3 is 5.97 Å². The number of aromatic hydroxyl groups is 1. The van der Waals surface area contributed by atoms with E-state index in [0.29, 0.717) is 37.1 Å². The number of phenols is 1. The molecule has 0 fully saturated rings. The number of thioether (sulfide) groups is 1. The summed E-state index contributed by atoms with van der Waals surface area (Å²) in [6.07, 6.45) is 4.29. The second-order valence-corrected chi connectivity index (χ2v) is 10.5. The van der Waals surface area contributed by atoms with E-state index in [1.165, 1.54) is 23.9 Å². The average Bonchev–Trinajstić information content (AvgIpc) is 2.92. The molecular weight excluding hydrogens is 552 g/mol. The number of unbranched alkanes of at least 4 members (excludes halogenated alkanes) is 1. The van der Waals surface area contributed by atoms with Crippen molar-refractivity contribution in [2.45, 2.75) is 69.1 Å². The maximum Gasteiger partial charge on any atom is 0.326 e. The molecule has 3 amide bonds. The van der Waals surface area contributed by atoms with Crippen LogP contribution in [0.3, 0.4) is 0 Å². The third kappa shape index (κ3) is 14.6. The molecule has 0 saturated carbocycles. The lowest BCUT2D eigenvalue weighted by molar-refractivity contribution is -0.142. The molecule has 13 N–H and O–H groups in total. The van der Waals surface area contributed by atoms with E-state index in [1.807, 2.05) is 6.26 Å². The highest BCUT2D eigenvalue weighted by Crippen LogP contribution is 2.12. The van der Waals surface area contributed by atoms with Gasteiger partial charge in [0.1, 0.15) is 23.9 Å². The van der Waals surface area contributed by atoms with Gasteiger partial charge in [-0.2, -0.15) is 11.8 Å². The Hall–Kier alpha value is -3.56. The van der Waals surface area contributed by atoms with E-state index in [-0.39, 0.29) is 37.5 Å². The smallest absolute Gasteiger partial charge is 0.326 e. The van der Waals surface area contributed by atoms with Crippen LogP contribution < -0.4 is 38.9 Å². The molecule has 230 valence electrons. The number of carboxylic acids is 1. The number of nitrogens with zero attached hydrogens (tertiary/aromatic N) is 1. The number of aliphatic carboxylic acids is 1. The van der Waals surface area contributed by atoms with E-state index in [1.54, 1.807) is 12.1 Å². The summed E-state index contributed by atoms with van der Waals surface area (Å²) >= 11 is 1.48. The second kappa shape index (κ2) is 19.5. The average molecular weight is 597 g/mol. The van der Waals surface area contributed by atoms with Crippen molar-refractivity contribution in [1.29, 1.82) is 0 Å². The Labute approximate surface area is 244 Å². The zero-order chi connectivity index (χ0) is 30.8. The molecule has 4 unspecified atom stereocenters. The highest BCUT2D eigenvalue weighted by Gasteiger charge is 2.30. The molecule has 0 aromatic heterocycles. The summed E-state index contributed by atoms with van der Waals surface area (Å²) in [5.41, 5.74) is 22.8. The summed E-state index contributed by atoms with van der Waals surface area (Å²) in [5.74, 6) is -2.64. The van der Waals surface area contributed by atoms with Gasteiger partial charge in [0.25, 0.3) is 0 Å². The van der Waals surface area contributed by atoms with Crippen LogP contribution in [0.5, 0.6) is 5.75 Å². The number of benzene rings is 1. The predicted molar refractivity (Wildman–Crippen MR) is 159 cm³/mol. The Balaban J connectivity index is 3.04. The minimum Gasteiger partial charge on any atom is -0.508 e.